The fourth-order valence-electron chi connectivity index (χ4n) is 3.15. The molecule has 0 saturated heterocycles. The Bertz CT molecular complexity index is 1030. The normalized spacial score (nSPS) is 17.1. The van der Waals surface area contributed by atoms with Crippen LogP contribution in [0.5, 0.6) is 0 Å². The van der Waals surface area contributed by atoms with Crippen LogP contribution in [-0.4, -0.2) is 33.7 Å². The van der Waals surface area contributed by atoms with E-state index in [9.17, 15) is 9.59 Å². The van der Waals surface area contributed by atoms with E-state index in [4.69, 9.17) is 20.8 Å². The Kier molecular flexibility index (Phi) is 5.22. The Morgan fingerprint density at radius 1 is 1.24 bits per heavy atom. The molecule has 4 rings (SSSR count). The first kappa shape index (κ1) is 19.0. The van der Waals surface area contributed by atoms with E-state index < -0.39 is 24.0 Å². The van der Waals surface area contributed by atoms with E-state index in [0.717, 1.165) is 11.3 Å². The second-order valence-corrected chi connectivity index (χ2v) is 7.04. The highest BCUT2D eigenvalue weighted by Gasteiger charge is 2.38. The van der Waals surface area contributed by atoms with Crippen LogP contribution in [0.3, 0.4) is 0 Å². The third-order valence-corrected chi connectivity index (χ3v) is 4.89. The zero-order chi connectivity index (χ0) is 20.4. The van der Waals surface area contributed by atoms with E-state index in [2.05, 4.69) is 10.1 Å². The predicted octanol–water partition coefficient (Wildman–Crippen LogP) is 4.18. The highest BCUT2D eigenvalue weighted by molar-refractivity contribution is 6.30. The number of halogens is 1. The van der Waals surface area contributed by atoms with Gasteiger partial charge in [-0.05, 0) is 48.9 Å². The van der Waals surface area contributed by atoms with Crippen molar-refractivity contribution in [2.24, 2.45) is 5.10 Å². The molecule has 148 valence electrons. The number of benzene rings is 1. The van der Waals surface area contributed by atoms with Gasteiger partial charge in [-0.2, -0.15) is 5.10 Å². The molecular weight excluding hydrogens is 394 g/mol. The molecule has 0 bridgehead atoms. The van der Waals surface area contributed by atoms with E-state index in [0.29, 0.717) is 17.2 Å². The number of furan rings is 1. The van der Waals surface area contributed by atoms with Gasteiger partial charge < -0.3 is 14.1 Å². The van der Waals surface area contributed by atoms with Crippen molar-refractivity contribution in [1.29, 1.82) is 0 Å². The Balaban J connectivity index is 1.57. The van der Waals surface area contributed by atoms with Crippen molar-refractivity contribution in [3.8, 4) is 0 Å². The number of amides is 1. The van der Waals surface area contributed by atoms with Gasteiger partial charge in [0.1, 0.15) is 17.5 Å². The highest BCUT2D eigenvalue weighted by atomic mass is 35.5. The van der Waals surface area contributed by atoms with Gasteiger partial charge >= 0.3 is 5.97 Å². The first-order chi connectivity index (χ1) is 14.0. The summed E-state index contributed by atoms with van der Waals surface area (Å²) in [6.45, 7) is 1.53. The summed E-state index contributed by atoms with van der Waals surface area (Å²) in [7, 11) is 0. The number of hydrogen-bond donors (Lipinski definition) is 1. The van der Waals surface area contributed by atoms with Gasteiger partial charge in [0.05, 0.1) is 12.0 Å². The topological polar surface area (TPSA) is 87.9 Å². The number of carbonyl (C=O) groups is 2. The number of esters is 1. The molecule has 2 aromatic heterocycles. The second-order valence-electron chi connectivity index (χ2n) is 6.60. The maximum Gasteiger partial charge on any atom is 0.355 e. The fourth-order valence-corrected chi connectivity index (χ4v) is 3.28. The van der Waals surface area contributed by atoms with Gasteiger partial charge in [0, 0.05) is 17.6 Å². The van der Waals surface area contributed by atoms with E-state index in [1.54, 1.807) is 48.9 Å². The van der Waals surface area contributed by atoms with Crippen LogP contribution < -0.4 is 0 Å². The number of aromatic amines is 1. The molecule has 1 aliphatic rings. The summed E-state index contributed by atoms with van der Waals surface area (Å²) in [5.74, 6) is -0.435. The molecule has 29 heavy (non-hydrogen) atoms. The lowest BCUT2D eigenvalue weighted by Gasteiger charge is -2.23. The molecule has 0 saturated carbocycles. The zero-order valence-corrected chi connectivity index (χ0v) is 16.3. The molecule has 7 nitrogen and oxygen atoms in total. The number of hydrogen-bond acceptors (Lipinski definition) is 5. The molecule has 1 amide bonds. The molecule has 8 heteroatoms. The molecule has 0 radical (unpaired) electrons. The first-order valence-electron chi connectivity index (χ1n) is 9.07. The van der Waals surface area contributed by atoms with Crippen molar-refractivity contribution in [1.82, 2.24) is 9.99 Å². The van der Waals surface area contributed by atoms with Crippen LogP contribution in [-0.2, 0) is 9.53 Å². The average Bonchev–Trinajstić information content (AvgIpc) is 3.48. The van der Waals surface area contributed by atoms with Crippen LogP contribution in [0.4, 0.5) is 0 Å². The number of hydrazone groups is 1. The molecule has 3 heterocycles. The minimum absolute atomic E-state index is 0.277. The van der Waals surface area contributed by atoms with Crippen molar-refractivity contribution in [2.45, 2.75) is 25.5 Å². The van der Waals surface area contributed by atoms with Gasteiger partial charge in [0.15, 0.2) is 6.10 Å². The van der Waals surface area contributed by atoms with Gasteiger partial charge in [-0.3, -0.25) is 4.79 Å². The van der Waals surface area contributed by atoms with Crippen LogP contribution in [0.1, 0.15) is 41.2 Å². The Morgan fingerprint density at radius 2 is 2.03 bits per heavy atom. The summed E-state index contributed by atoms with van der Waals surface area (Å²) < 4.78 is 10.8. The molecule has 1 N–H and O–H groups in total. The number of nitrogens with zero attached hydrogens (tertiary/aromatic N) is 2. The zero-order valence-electron chi connectivity index (χ0n) is 15.5. The summed E-state index contributed by atoms with van der Waals surface area (Å²) in [6.07, 6.45) is 2.61. The van der Waals surface area contributed by atoms with Crippen LogP contribution in [0.25, 0.3) is 0 Å². The molecule has 0 spiro atoms. The molecule has 1 aromatic carbocycles. The number of H-pyrrole nitrogens is 1. The van der Waals surface area contributed by atoms with Gasteiger partial charge in [0.25, 0.3) is 5.91 Å². The molecule has 3 aromatic rings. The van der Waals surface area contributed by atoms with Crippen molar-refractivity contribution in [3.63, 3.8) is 0 Å². The van der Waals surface area contributed by atoms with E-state index in [-0.39, 0.29) is 5.69 Å². The van der Waals surface area contributed by atoms with Crippen molar-refractivity contribution < 1.29 is 18.7 Å². The molecule has 0 unspecified atom stereocenters. The SMILES string of the molecule is C[C@@H](OC(=O)c1ccc[nH]1)C(=O)N1N=C(c2ccc(Cl)cc2)C[C@@H]1c1ccco1. The smallest absolute Gasteiger partial charge is 0.355 e. The third-order valence-electron chi connectivity index (χ3n) is 4.63. The second kappa shape index (κ2) is 7.97. The Labute approximate surface area is 171 Å². The minimum atomic E-state index is -1.02. The van der Waals surface area contributed by atoms with Gasteiger partial charge in [0.2, 0.25) is 0 Å². The number of aromatic nitrogens is 1. The van der Waals surface area contributed by atoms with Crippen molar-refractivity contribution >= 4 is 29.2 Å². The largest absolute Gasteiger partial charge is 0.467 e. The summed E-state index contributed by atoms with van der Waals surface area (Å²) in [6, 6.07) is 13.6. The maximum absolute atomic E-state index is 13.1. The third kappa shape index (κ3) is 3.95. The number of rotatable bonds is 5. The highest BCUT2D eigenvalue weighted by Crippen LogP contribution is 2.34. The minimum Gasteiger partial charge on any atom is -0.467 e. The monoisotopic (exact) mass is 411 g/mol. The lowest BCUT2D eigenvalue weighted by molar-refractivity contribution is -0.142. The van der Waals surface area contributed by atoms with Gasteiger partial charge in [-0.1, -0.05) is 23.7 Å². The van der Waals surface area contributed by atoms with E-state index in [1.165, 1.54) is 11.9 Å². The summed E-state index contributed by atoms with van der Waals surface area (Å²) >= 11 is 5.97. The number of ether oxygens (including phenoxy) is 1. The molecular formula is C21H18ClN3O4. The molecule has 1 aliphatic heterocycles. The lowest BCUT2D eigenvalue weighted by Crippen LogP contribution is -2.37. The predicted molar refractivity (Wildman–Crippen MR) is 107 cm³/mol. The van der Waals surface area contributed by atoms with Crippen LogP contribution in [0.15, 0.2) is 70.5 Å². The Morgan fingerprint density at radius 3 is 2.69 bits per heavy atom. The summed E-state index contributed by atoms with van der Waals surface area (Å²) in [5, 5.41) is 6.46. The van der Waals surface area contributed by atoms with Crippen LogP contribution in [0, 0.1) is 0 Å². The molecule has 0 aliphatic carbocycles. The average molecular weight is 412 g/mol. The van der Waals surface area contributed by atoms with E-state index >= 15 is 0 Å². The quantitative estimate of drug-likeness (QED) is 0.638. The maximum atomic E-state index is 13.1. The molecule has 2 atom stereocenters. The van der Waals surface area contributed by atoms with Gasteiger partial charge in [-0.15, -0.1) is 0 Å². The summed E-state index contributed by atoms with van der Waals surface area (Å²) in [4.78, 5) is 28.0. The Hall–Kier alpha value is -3.32. The lowest BCUT2D eigenvalue weighted by atomic mass is 10.0. The summed E-state index contributed by atoms with van der Waals surface area (Å²) in [5.41, 5.74) is 1.86. The molecule has 0 fully saturated rings. The van der Waals surface area contributed by atoms with Gasteiger partial charge in [-0.25, -0.2) is 9.80 Å². The number of nitrogens with one attached hydrogen (secondary N) is 1. The fraction of sp³-hybridized carbons (Fsp3) is 0.190. The standard InChI is InChI=1S/C21H18ClN3O4/c1-13(29-21(27)16-4-2-10-23-16)20(26)25-18(19-5-3-11-28-19)12-17(24-25)14-6-8-15(22)9-7-14/h2-11,13,18,23H,12H2,1H3/t13-,18-/m1/s1. The number of carbonyl (C=O) groups excluding carboxylic acids is 2. The van der Waals surface area contributed by atoms with Crippen molar-refractivity contribution in [3.05, 3.63) is 83.0 Å². The first-order valence-corrected chi connectivity index (χ1v) is 9.45. The van der Waals surface area contributed by atoms with Crippen LogP contribution in [0.2, 0.25) is 5.02 Å². The van der Waals surface area contributed by atoms with Crippen molar-refractivity contribution in [2.75, 3.05) is 0 Å². The van der Waals surface area contributed by atoms with E-state index in [1.807, 2.05) is 12.1 Å². The van der Waals surface area contributed by atoms with Crippen LogP contribution >= 0.6 is 11.6 Å².